The Bertz CT molecular complexity index is 952. The van der Waals surface area contributed by atoms with Gasteiger partial charge in [0.25, 0.3) is 5.91 Å². The number of hydrogen-bond donors (Lipinski definition) is 0. The van der Waals surface area contributed by atoms with E-state index in [-0.39, 0.29) is 11.8 Å². The minimum atomic E-state index is -0.116. The fourth-order valence-corrected chi connectivity index (χ4v) is 3.27. The molecule has 6 nitrogen and oxygen atoms in total. The van der Waals surface area contributed by atoms with E-state index in [4.69, 9.17) is 20.9 Å². The lowest BCUT2D eigenvalue weighted by Crippen LogP contribution is -2.48. The summed E-state index contributed by atoms with van der Waals surface area (Å²) in [6, 6.07) is 15.0. The molecule has 4 rings (SSSR count). The molecular weight excluding hydrogens is 366 g/mol. The minimum absolute atomic E-state index is 0.0520. The van der Waals surface area contributed by atoms with Crippen molar-refractivity contribution in [3.8, 4) is 5.75 Å². The topological polar surface area (TPSA) is 68.5 Å². The van der Waals surface area contributed by atoms with Gasteiger partial charge >= 0.3 is 0 Å². The highest BCUT2D eigenvalue weighted by Crippen LogP contribution is 2.31. The number of carbonyl (C=O) groups excluding carboxylic acids is 1. The zero-order valence-electron chi connectivity index (χ0n) is 14.8. The number of carbonyl (C=O) groups is 1. The third kappa shape index (κ3) is 3.66. The van der Waals surface area contributed by atoms with E-state index in [2.05, 4.69) is 10.1 Å². The van der Waals surface area contributed by atoms with Crippen molar-refractivity contribution < 1.29 is 14.1 Å². The molecule has 0 unspecified atom stereocenters. The summed E-state index contributed by atoms with van der Waals surface area (Å²) in [4.78, 5) is 18.9. The number of ether oxygens (including phenoxy) is 1. The van der Waals surface area contributed by atoms with Crippen LogP contribution in [0.1, 0.15) is 33.6 Å². The first kappa shape index (κ1) is 17.5. The molecule has 2 heterocycles. The van der Waals surface area contributed by atoms with Crippen molar-refractivity contribution in [2.75, 3.05) is 20.2 Å². The summed E-state index contributed by atoms with van der Waals surface area (Å²) in [5.41, 5.74) is 1.59. The largest absolute Gasteiger partial charge is 0.496 e. The number of aromatic nitrogens is 2. The number of likely N-dealkylation sites (tertiary alicyclic amines) is 1. The van der Waals surface area contributed by atoms with Gasteiger partial charge in [-0.05, 0) is 23.8 Å². The van der Waals surface area contributed by atoms with Gasteiger partial charge in [0, 0.05) is 24.5 Å². The standard InChI is InChI=1S/C20H18ClN3O3/c1-26-17-8-7-15(21)10-16(17)20(25)24-11-14(12-24)19-22-18(23-27-19)9-13-5-3-2-4-6-13/h2-8,10,14H,9,11-12H2,1H3. The molecule has 1 fully saturated rings. The second-order valence-corrected chi connectivity index (χ2v) is 6.90. The highest BCUT2D eigenvalue weighted by molar-refractivity contribution is 6.31. The van der Waals surface area contributed by atoms with Crippen LogP contribution in [0.2, 0.25) is 5.02 Å². The van der Waals surface area contributed by atoms with Gasteiger partial charge in [-0.3, -0.25) is 4.79 Å². The highest BCUT2D eigenvalue weighted by Gasteiger charge is 2.36. The van der Waals surface area contributed by atoms with Crippen LogP contribution in [0.4, 0.5) is 0 Å². The van der Waals surface area contributed by atoms with Crippen molar-refractivity contribution in [2.45, 2.75) is 12.3 Å². The smallest absolute Gasteiger partial charge is 0.257 e. The maximum Gasteiger partial charge on any atom is 0.257 e. The van der Waals surface area contributed by atoms with Crippen LogP contribution < -0.4 is 4.74 Å². The van der Waals surface area contributed by atoms with E-state index in [1.807, 2.05) is 30.3 Å². The lowest BCUT2D eigenvalue weighted by Gasteiger charge is -2.37. The number of methoxy groups -OCH3 is 1. The van der Waals surface area contributed by atoms with E-state index in [0.29, 0.717) is 47.6 Å². The number of amides is 1. The molecule has 0 N–H and O–H groups in total. The Labute approximate surface area is 161 Å². The summed E-state index contributed by atoms with van der Waals surface area (Å²) in [7, 11) is 1.53. The van der Waals surface area contributed by atoms with Crippen LogP contribution in [0.15, 0.2) is 53.1 Å². The van der Waals surface area contributed by atoms with E-state index < -0.39 is 0 Å². The molecule has 0 spiro atoms. The maximum atomic E-state index is 12.7. The van der Waals surface area contributed by atoms with Gasteiger partial charge in [0.05, 0.1) is 18.6 Å². The molecule has 3 aromatic rings. The molecule has 0 atom stereocenters. The van der Waals surface area contributed by atoms with Crippen LogP contribution in [-0.2, 0) is 6.42 Å². The van der Waals surface area contributed by atoms with Gasteiger partial charge < -0.3 is 14.2 Å². The average Bonchev–Trinajstić information content (AvgIpc) is 3.09. The lowest BCUT2D eigenvalue weighted by atomic mass is 9.98. The van der Waals surface area contributed by atoms with Crippen LogP contribution in [0.25, 0.3) is 0 Å². The molecule has 0 saturated carbocycles. The molecule has 1 saturated heterocycles. The molecule has 0 aliphatic carbocycles. The normalized spacial score (nSPS) is 14.1. The van der Waals surface area contributed by atoms with Crippen molar-refractivity contribution in [1.29, 1.82) is 0 Å². The van der Waals surface area contributed by atoms with Crippen LogP contribution in [0, 0.1) is 0 Å². The molecule has 1 amide bonds. The number of rotatable bonds is 5. The third-order valence-corrected chi connectivity index (χ3v) is 4.83. The van der Waals surface area contributed by atoms with E-state index in [0.717, 1.165) is 5.56 Å². The molecule has 0 radical (unpaired) electrons. The highest BCUT2D eigenvalue weighted by atomic mass is 35.5. The Morgan fingerprint density at radius 3 is 2.78 bits per heavy atom. The first-order valence-corrected chi connectivity index (χ1v) is 9.01. The summed E-state index contributed by atoms with van der Waals surface area (Å²) < 4.78 is 10.7. The van der Waals surface area contributed by atoms with Gasteiger partial charge in [-0.1, -0.05) is 47.1 Å². The second kappa shape index (κ2) is 7.40. The molecule has 138 valence electrons. The van der Waals surface area contributed by atoms with Crippen molar-refractivity contribution in [1.82, 2.24) is 15.0 Å². The first-order valence-electron chi connectivity index (χ1n) is 8.63. The van der Waals surface area contributed by atoms with Crippen molar-refractivity contribution in [3.63, 3.8) is 0 Å². The lowest BCUT2D eigenvalue weighted by molar-refractivity contribution is 0.0566. The van der Waals surface area contributed by atoms with Crippen molar-refractivity contribution in [2.24, 2.45) is 0 Å². The molecule has 0 bridgehead atoms. The molecule has 1 aliphatic heterocycles. The van der Waals surface area contributed by atoms with Crippen LogP contribution in [0.3, 0.4) is 0 Å². The summed E-state index contributed by atoms with van der Waals surface area (Å²) >= 11 is 6.02. The van der Waals surface area contributed by atoms with Gasteiger partial charge in [-0.2, -0.15) is 4.98 Å². The predicted molar refractivity (Wildman–Crippen MR) is 100 cm³/mol. The molecule has 2 aromatic carbocycles. The molecule has 27 heavy (non-hydrogen) atoms. The molecular formula is C20H18ClN3O3. The Morgan fingerprint density at radius 1 is 1.26 bits per heavy atom. The predicted octanol–water partition coefficient (Wildman–Crippen LogP) is 3.56. The summed E-state index contributed by atoms with van der Waals surface area (Å²) in [6.45, 7) is 1.06. The van der Waals surface area contributed by atoms with E-state index >= 15 is 0 Å². The molecule has 1 aromatic heterocycles. The third-order valence-electron chi connectivity index (χ3n) is 4.60. The first-order chi connectivity index (χ1) is 13.1. The summed E-state index contributed by atoms with van der Waals surface area (Å²) in [6.07, 6.45) is 0.624. The summed E-state index contributed by atoms with van der Waals surface area (Å²) in [5.74, 6) is 1.67. The van der Waals surface area contributed by atoms with Crippen molar-refractivity contribution in [3.05, 3.63) is 76.4 Å². The zero-order chi connectivity index (χ0) is 18.8. The number of benzene rings is 2. The second-order valence-electron chi connectivity index (χ2n) is 6.46. The average molecular weight is 384 g/mol. The van der Waals surface area contributed by atoms with Crippen LogP contribution >= 0.6 is 11.6 Å². The Kier molecular flexibility index (Phi) is 4.81. The van der Waals surface area contributed by atoms with Crippen molar-refractivity contribution >= 4 is 17.5 Å². The van der Waals surface area contributed by atoms with E-state index in [1.54, 1.807) is 23.1 Å². The maximum absolute atomic E-state index is 12.7. The van der Waals surface area contributed by atoms with E-state index in [1.165, 1.54) is 7.11 Å². The van der Waals surface area contributed by atoms with Gasteiger partial charge in [-0.15, -0.1) is 0 Å². The van der Waals surface area contributed by atoms with Crippen LogP contribution in [0.5, 0.6) is 5.75 Å². The van der Waals surface area contributed by atoms with Gasteiger partial charge in [0.2, 0.25) is 5.89 Å². The fourth-order valence-electron chi connectivity index (χ4n) is 3.10. The van der Waals surface area contributed by atoms with Gasteiger partial charge in [0.1, 0.15) is 5.75 Å². The minimum Gasteiger partial charge on any atom is -0.496 e. The number of hydrogen-bond acceptors (Lipinski definition) is 5. The monoisotopic (exact) mass is 383 g/mol. The van der Waals surface area contributed by atoms with Gasteiger partial charge in [-0.25, -0.2) is 0 Å². The number of halogens is 1. The SMILES string of the molecule is COc1ccc(Cl)cc1C(=O)N1CC(c2nc(Cc3ccccc3)no2)C1. The number of nitrogens with zero attached hydrogens (tertiary/aromatic N) is 3. The Morgan fingerprint density at radius 2 is 2.04 bits per heavy atom. The Hall–Kier alpha value is -2.86. The van der Waals surface area contributed by atoms with E-state index in [9.17, 15) is 4.79 Å². The van der Waals surface area contributed by atoms with Gasteiger partial charge in [0.15, 0.2) is 5.82 Å². The zero-order valence-corrected chi connectivity index (χ0v) is 15.5. The quantitative estimate of drug-likeness (QED) is 0.673. The molecule has 1 aliphatic rings. The fraction of sp³-hybridized carbons (Fsp3) is 0.250. The summed E-state index contributed by atoms with van der Waals surface area (Å²) in [5, 5.41) is 4.55. The Balaban J connectivity index is 1.40. The molecule has 7 heteroatoms. The van der Waals surface area contributed by atoms with Crippen LogP contribution in [-0.4, -0.2) is 41.1 Å².